The molecule has 0 saturated heterocycles. The molecular weight excluding hydrogens is 395 g/mol. The largest absolute Gasteiger partial charge is 0.383 e. The topological polar surface area (TPSA) is 42.7 Å². The molecule has 0 unspecified atom stereocenters. The summed E-state index contributed by atoms with van der Waals surface area (Å²) in [5.74, 6) is 1.11. The maximum absolute atomic E-state index is 6.46. The third kappa shape index (κ3) is 4.27. The van der Waals surface area contributed by atoms with Gasteiger partial charge >= 0.3 is 0 Å². The van der Waals surface area contributed by atoms with E-state index in [2.05, 4.69) is 28.1 Å². The molecule has 0 aliphatic rings. The minimum absolute atomic E-state index is 0.568. The fourth-order valence-corrected chi connectivity index (χ4v) is 3.83. The fraction of sp³-hybridized carbons (Fsp3) is 0.429. The van der Waals surface area contributed by atoms with Crippen molar-refractivity contribution in [3.8, 4) is 11.3 Å². The summed E-state index contributed by atoms with van der Waals surface area (Å²) in [4.78, 5) is 11.9. The number of halogens is 2. The molecule has 28 heavy (non-hydrogen) atoms. The number of rotatable bonds is 9. The monoisotopic (exact) mass is 420 g/mol. The van der Waals surface area contributed by atoms with Crippen LogP contribution in [0.5, 0.6) is 0 Å². The summed E-state index contributed by atoms with van der Waals surface area (Å²) in [6, 6.07) is 5.46. The summed E-state index contributed by atoms with van der Waals surface area (Å²) in [6.07, 6.45) is 6.85. The van der Waals surface area contributed by atoms with Crippen LogP contribution in [-0.4, -0.2) is 41.2 Å². The molecule has 0 bridgehead atoms. The molecule has 0 N–H and O–H groups in total. The predicted molar refractivity (Wildman–Crippen MR) is 117 cm³/mol. The van der Waals surface area contributed by atoms with E-state index >= 15 is 0 Å². The SMILES string of the molecule is CCCCN(CCOC)c1c(CC)nc2c(-c3ccc(Cl)cc3Cl)nccn12. The number of methoxy groups -OCH3 is 1. The van der Waals surface area contributed by atoms with Crippen LogP contribution in [0.1, 0.15) is 32.4 Å². The van der Waals surface area contributed by atoms with E-state index in [-0.39, 0.29) is 0 Å². The van der Waals surface area contributed by atoms with E-state index in [1.54, 1.807) is 19.4 Å². The average molecular weight is 421 g/mol. The quantitative estimate of drug-likeness (QED) is 0.456. The lowest BCUT2D eigenvalue weighted by Gasteiger charge is -2.25. The van der Waals surface area contributed by atoms with E-state index < -0.39 is 0 Å². The van der Waals surface area contributed by atoms with Gasteiger partial charge in [0.25, 0.3) is 0 Å². The van der Waals surface area contributed by atoms with Gasteiger partial charge in [-0.25, -0.2) is 4.98 Å². The highest BCUT2D eigenvalue weighted by Crippen LogP contribution is 2.33. The van der Waals surface area contributed by atoms with Gasteiger partial charge in [-0.15, -0.1) is 0 Å². The minimum atomic E-state index is 0.568. The van der Waals surface area contributed by atoms with Crippen LogP contribution < -0.4 is 4.90 Å². The van der Waals surface area contributed by atoms with Crippen molar-refractivity contribution < 1.29 is 4.74 Å². The van der Waals surface area contributed by atoms with Gasteiger partial charge in [-0.3, -0.25) is 9.38 Å². The Balaban J connectivity index is 2.16. The number of unbranched alkanes of at least 4 members (excludes halogenated alkanes) is 1. The molecule has 2 heterocycles. The first kappa shape index (κ1) is 20.9. The van der Waals surface area contributed by atoms with Crippen molar-refractivity contribution in [2.75, 3.05) is 31.7 Å². The molecule has 0 spiro atoms. The summed E-state index contributed by atoms with van der Waals surface area (Å²) in [6.45, 7) is 6.77. The molecule has 3 rings (SSSR count). The van der Waals surface area contributed by atoms with Crippen LogP contribution in [0, 0.1) is 0 Å². The number of ether oxygens (including phenoxy) is 1. The molecular formula is C21H26Cl2N4O. The molecule has 0 aliphatic carbocycles. The van der Waals surface area contributed by atoms with Gasteiger partial charge in [0.1, 0.15) is 11.5 Å². The Morgan fingerprint density at radius 2 is 2.00 bits per heavy atom. The van der Waals surface area contributed by atoms with Gasteiger partial charge in [-0.1, -0.05) is 43.5 Å². The molecule has 1 aromatic carbocycles. The van der Waals surface area contributed by atoms with Crippen molar-refractivity contribution in [3.63, 3.8) is 0 Å². The normalized spacial score (nSPS) is 11.3. The summed E-state index contributed by atoms with van der Waals surface area (Å²) >= 11 is 12.5. The van der Waals surface area contributed by atoms with Gasteiger partial charge in [0, 0.05) is 43.2 Å². The molecule has 0 amide bonds. The first-order chi connectivity index (χ1) is 13.6. The molecule has 0 fully saturated rings. The van der Waals surface area contributed by atoms with E-state index in [1.165, 1.54) is 0 Å². The molecule has 7 heteroatoms. The van der Waals surface area contributed by atoms with Crippen molar-refractivity contribution in [1.29, 1.82) is 0 Å². The van der Waals surface area contributed by atoms with Gasteiger partial charge < -0.3 is 9.64 Å². The molecule has 0 atom stereocenters. The number of fused-ring (bicyclic) bond motifs is 1. The number of anilines is 1. The second kappa shape index (κ2) is 9.59. The second-order valence-corrected chi connectivity index (χ2v) is 7.51. The molecule has 5 nitrogen and oxygen atoms in total. The number of aromatic nitrogens is 3. The van der Waals surface area contributed by atoms with Crippen molar-refractivity contribution in [2.24, 2.45) is 0 Å². The Hall–Kier alpha value is -1.82. The van der Waals surface area contributed by atoms with Crippen LogP contribution in [0.15, 0.2) is 30.6 Å². The Morgan fingerprint density at radius 1 is 1.18 bits per heavy atom. The van der Waals surface area contributed by atoms with E-state index in [0.717, 1.165) is 60.8 Å². The van der Waals surface area contributed by atoms with Crippen LogP contribution in [-0.2, 0) is 11.2 Å². The Kier molecular flexibility index (Phi) is 7.16. The van der Waals surface area contributed by atoms with Crippen molar-refractivity contribution in [3.05, 3.63) is 46.3 Å². The lowest BCUT2D eigenvalue weighted by atomic mass is 10.1. The first-order valence-electron chi connectivity index (χ1n) is 9.65. The van der Waals surface area contributed by atoms with E-state index in [4.69, 9.17) is 32.9 Å². The van der Waals surface area contributed by atoms with E-state index in [0.29, 0.717) is 16.7 Å². The Bertz CT molecular complexity index is 934. The summed E-state index contributed by atoms with van der Waals surface area (Å²) in [7, 11) is 1.73. The van der Waals surface area contributed by atoms with Gasteiger partial charge in [0.15, 0.2) is 5.65 Å². The maximum atomic E-state index is 6.46. The molecule has 0 radical (unpaired) electrons. The number of benzene rings is 1. The highest BCUT2D eigenvalue weighted by molar-refractivity contribution is 6.36. The van der Waals surface area contributed by atoms with E-state index in [9.17, 15) is 0 Å². The van der Waals surface area contributed by atoms with Gasteiger partial charge in [0.05, 0.1) is 17.3 Å². The summed E-state index contributed by atoms with van der Waals surface area (Å²) in [5, 5.41) is 1.17. The zero-order valence-electron chi connectivity index (χ0n) is 16.6. The maximum Gasteiger partial charge on any atom is 0.165 e. The van der Waals surface area contributed by atoms with Crippen LogP contribution in [0.2, 0.25) is 10.0 Å². The molecule has 0 saturated carbocycles. The van der Waals surface area contributed by atoms with Crippen LogP contribution in [0.4, 0.5) is 5.82 Å². The molecule has 2 aromatic heterocycles. The van der Waals surface area contributed by atoms with Crippen LogP contribution in [0.3, 0.4) is 0 Å². The molecule has 150 valence electrons. The smallest absolute Gasteiger partial charge is 0.165 e. The summed E-state index contributed by atoms with van der Waals surface area (Å²) < 4.78 is 7.46. The summed E-state index contributed by atoms with van der Waals surface area (Å²) in [5.41, 5.74) is 3.43. The Labute approximate surface area is 176 Å². The third-order valence-electron chi connectivity index (χ3n) is 4.75. The van der Waals surface area contributed by atoms with Gasteiger partial charge in [-0.05, 0) is 31.0 Å². The van der Waals surface area contributed by atoms with Crippen molar-refractivity contribution in [1.82, 2.24) is 14.4 Å². The number of nitrogens with zero attached hydrogens (tertiary/aromatic N) is 4. The fourth-order valence-electron chi connectivity index (χ4n) is 3.33. The minimum Gasteiger partial charge on any atom is -0.383 e. The lowest BCUT2D eigenvalue weighted by molar-refractivity contribution is 0.205. The third-order valence-corrected chi connectivity index (χ3v) is 5.30. The number of hydrogen-bond donors (Lipinski definition) is 0. The standard InChI is InChI=1S/C21H26Cl2N4O/c1-4-6-10-26(12-13-28-3)21-18(5-2)25-20-19(24-9-11-27(20)21)16-8-7-15(22)14-17(16)23/h7-9,11,14H,4-6,10,12-13H2,1-3H3. The molecule has 3 aromatic rings. The predicted octanol–water partition coefficient (Wildman–Crippen LogP) is 5.52. The second-order valence-electron chi connectivity index (χ2n) is 6.66. The average Bonchev–Trinajstić information content (AvgIpc) is 3.07. The van der Waals surface area contributed by atoms with Crippen molar-refractivity contribution >= 4 is 34.7 Å². The highest BCUT2D eigenvalue weighted by Gasteiger charge is 2.21. The van der Waals surface area contributed by atoms with E-state index in [1.807, 2.05) is 18.3 Å². The number of aryl methyl sites for hydroxylation is 1. The van der Waals surface area contributed by atoms with Crippen LogP contribution in [0.25, 0.3) is 16.9 Å². The number of hydrogen-bond acceptors (Lipinski definition) is 4. The highest BCUT2D eigenvalue weighted by atomic mass is 35.5. The van der Waals surface area contributed by atoms with Gasteiger partial charge in [0.2, 0.25) is 0 Å². The Morgan fingerprint density at radius 3 is 2.68 bits per heavy atom. The van der Waals surface area contributed by atoms with Crippen LogP contribution >= 0.6 is 23.2 Å². The lowest BCUT2D eigenvalue weighted by Crippen LogP contribution is -2.30. The zero-order valence-corrected chi connectivity index (χ0v) is 18.1. The first-order valence-corrected chi connectivity index (χ1v) is 10.4. The molecule has 0 aliphatic heterocycles. The van der Waals surface area contributed by atoms with Crippen molar-refractivity contribution in [2.45, 2.75) is 33.1 Å². The zero-order chi connectivity index (χ0) is 20.1. The number of imidazole rings is 1. The van der Waals surface area contributed by atoms with Gasteiger partial charge in [-0.2, -0.15) is 0 Å².